The summed E-state index contributed by atoms with van der Waals surface area (Å²) < 4.78 is 5.11. The average Bonchev–Trinajstić information content (AvgIpc) is 2.29. The van der Waals surface area contributed by atoms with Crippen LogP contribution in [0.15, 0.2) is 18.2 Å². The van der Waals surface area contributed by atoms with Crippen molar-refractivity contribution < 1.29 is 4.74 Å². The van der Waals surface area contributed by atoms with E-state index in [-0.39, 0.29) is 6.04 Å². The Morgan fingerprint density at radius 2 is 2.12 bits per heavy atom. The molecule has 0 amide bonds. The van der Waals surface area contributed by atoms with E-state index < -0.39 is 0 Å². The van der Waals surface area contributed by atoms with E-state index in [4.69, 9.17) is 22.1 Å². The molecule has 0 saturated heterocycles. The van der Waals surface area contributed by atoms with Gasteiger partial charge in [-0.3, -0.25) is 0 Å². The molecule has 0 heterocycles. The maximum absolute atomic E-state index is 6.10. The van der Waals surface area contributed by atoms with Gasteiger partial charge in [0.1, 0.15) is 5.75 Å². The van der Waals surface area contributed by atoms with Crippen molar-refractivity contribution in [1.82, 2.24) is 0 Å². The highest BCUT2D eigenvalue weighted by molar-refractivity contribution is 6.32. The fourth-order valence-electron chi connectivity index (χ4n) is 1.69. The number of ether oxygens (including phenoxy) is 1. The van der Waals surface area contributed by atoms with Crippen LogP contribution >= 0.6 is 11.6 Å². The Bertz CT molecular complexity index is 328. The number of hydrogen-bond acceptors (Lipinski definition) is 2. The third kappa shape index (κ3) is 3.69. The highest BCUT2D eigenvalue weighted by Gasteiger charge is 2.08. The van der Waals surface area contributed by atoms with E-state index in [0.29, 0.717) is 10.8 Å². The first kappa shape index (κ1) is 13.3. The summed E-state index contributed by atoms with van der Waals surface area (Å²) in [4.78, 5) is 0. The minimum absolute atomic E-state index is 0.0787. The fraction of sp³-hybridized carbons (Fsp3) is 0.538. The van der Waals surface area contributed by atoms with Crippen molar-refractivity contribution >= 4 is 11.6 Å². The van der Waals surface area contributed by atoms with E-state index in [9.17, 15) is 0 Å². The topological polar surface area (TPSA) is 35.2 Å². The third-order valence-electron chi connectivity index (χ3n) is 2.72. The molecular formula is C13H20ClNO. The molecule has 0 bridgehead atoms. The van der Waals surface area contributed by atoms with Gasteiger partial charge in [-0.1, -0.05) is 43.9 Å². The standard InChI is InChI=1S/C13H20ClNO/c1-3-4-5-6-12(15)10-7-8-13(16-2)11(14)9-10/h7-9,12H,3-6,15H2,1-2H3. The molecule has 0 saturated carbocycles. The van der Waals surface area contributed by atoms with Crippen LogP contribution in [0.3, 0.4) is 0 Å². The lowest BCUT2D eigenvalue weighted by molar-refractivity contribution is 0.414. The summed E-state index contributed by atoms with van der Waals surface area (Å²) in [6.07, 6.45) is 4.63. The zero-order valence-electron chi connectivity index (χ0n) is 10.0. The molecule has 2 N–H and O–H groups in total. The second kappa shape index (κ2) is 6.77. The predicted molar refractivity (Wildman–Crippen MR) is 69.1 cm³/mol. The quantitative estimate of drug-likeness (QED) is 0.766. The Morgan fingerprint density at radius 1 is 1.38 bits per heavy atom. The van der Waals surface area contributed by atoms with Gasteiger partial charge in [0.25, 0.3) is 0 Å². The molecule has 1 aromatic carbocycles. The molecule has 0 aliphatic carbocycles. The number of rotatable bonds is 6. The van der Waals surface area contributed by atoms with Gasteiger partial charge in [0.2, 0.25) is 0 Å². The molecule has 1 rings (SSSR count). The SMILES string of the molecule is CCCCCC(N)c1ccc(OC)c(Cl)c1. The highest BCUT2D eigenvalue weighted by Crippen LogP contribution is 2.28. The molecule has 0 fully saturated rings. The summed E-state index contributed by atoms with van der Waals surface area (Å²) in [7, 11) is 1.61. The maximum Gasteiger partial charge on any atom is 0.137 e. The molecule has 0 aromatic heterocycles. The lowest BCUT2D eigenvalue weighted by atomic mass is 10.0. The van der Waals surface area contributed by atoms with E-state index in [1.54, 1.807) is 7.11 Å². The van der Waals surface area contributed by atoms with Gasteiger partial charge in [-0.05, 0) is 24.1 Å². The second-order valence-corrected chi connectivity index (χ2v) is 4.40. The first-order valence-electron chi connectivity index (χ1n) is 5.78. The van der Waals surface area contributed by atoms with Gasteiger partial charge in [-0.15, -0.1) is 0 Å². The number of methoxy groups -OCH3 is 1. The van der Waals surface area contributed by atoms with Crippen LogP contribution in [0.1, 0.15) is 44.2 Å². The molecule has 2 nitrogen and oxygen atoms in total. The lowest BCUT2D eigenvalue weighted by Gasteiger charge is -2.13. The van der Waals surface area contributed by atoms with Gasteiger partial charge in [0.05, 0.1) is 12.1 Å². The molecule has 1 aromatic rings. The van der Waals surface area contributed by atoms with Crippen molar-refractivity contribution in [3.05, 3.63) is 28.8 Å². The molecule has 1 unspecified atom stereocenters. The number of nitrogens with two attached hydrogens (primary N) is 1. The minimum atomic E-state index is 0.0787. The molecule has 90 valence electrons. The van der Waals surface area contributed by atoms with E-state index >= 15 is 0 Å². The third-order valence-corrected chi connectivity index (χ3v) is 3.02. The number of halogens is 1. The van der Waals surface area contributed by atoms with E-state index in [2.05, 4.69) is 6.92 Å². The summed E-state index contributed by atoms with van der Waals surface area (Å²) >= 11 is 6.05. The van der Waals surface area contributed by atoms with E-state index in [1.165, 1.54) is 19.3 Å². The van der Waals surface area contributed by atoms with Crippen LogP contribution in [0, 0.1) is 0 Å². The summed E-state index contributed by atoms with van der Waals surface area (Å²) in [6.45, 7) is 2.19. The Balaban J connectivity index is 2.62. The first-order chi connectivity index (χ1) is 7.69. The molecular weight excluding hydrogens is 222 g/mol. The largest absolute Gasteiger partial charge is 0.495 e. The van der Waals surface area contributed by atoms with Crippen molar-refractivity contribution in [3.63, 3.8) is 0 Å². The van der Waals surface area contributed by atoms with Gasteiger partial charge in [-0.2, -0.15) is 0 Å². The Hall–Kier alpha value is -0.730. The van der Waals surface area contributed by atoms with Crippen LogP contribution in [0.2, 0.25) is 5.02 Å². The number of hydrogen-bond donors (Lipinski definition) is 1. The van der Waals surface area contributed by atoms with E-state index in [0.717, 1.165) is 12.0 Å². The zero-order chi connectivity index (χ0) is 12.0. The molecule has 0 aliphatic rings. The monoisotopic (exact) mass is 241 g/mol. The van der Waals surface area contributed by atoms with Crippen molar-refractivity contribution in [3.8, 4) is 5.75 Å². The normalized spacial score (nSPS) is 12.5. The summed E-state index contributed by atoms with van der Waals surface area (Å²) in [5.74, 6) is 0.700. The summed E-state index contributed by atoms with van der Waals surface area (Å²) in [6, 6.07) is 5.84. The molecule has 0 aliphatic heterocycles. The van der Waals surface area contributed by atoms with Crippen LogP contribution in [0.5, 0.6) is 5.75 Å². The molecule has 0 radical (unpaired) electrons. The highest BCUT2D eigenvalue weighted by atomic mass is 35.5. The summed E-state index contributed by atoms with van der Waals surface area (Å²) in [5.41, 5.74) is 7.18. The molecule has 0 spiro atoms. The van der Waals surface area contributed by atoms with Gasteiger partial charge in [-0.25, -0.2) is 0 Å². The maximum atomic E-state index is 6.10. The van der Waals surface area contributed by atoms with Gasteiger partial charge >= 0.3 is 0 Å². The van der Waals surface area contributed by atoms with Crippen molar-refractivity contribution in [2.75, 3.05) is 7.11 Å². The van der Waals surface area contributed by atoms with Crippen LogP contribution < -0.4 is 10.5 Å². The second-order valence-electron chi connectivity index (χ2n) is 4.00. The zero-order valence-corrected chi connectivity index (χ0v) is 10.8. The van der Waals surface area contributed by atoms with Crippen LogP contribution in [0.4, 0.5) is 0 Å². The van der Waals surface area contributed by atoms with Gasteiger partial charge in [0.15, 0.2) is 0 Å². The lowest BCUT2D eigenvalue weighted by Crippen LogP contribution is -2.10. The summed E-state index contributed by atoms with van der Waals surface area (Å²) in [5, 5.41) is 0.631. The minimum Gasteiger partial charge on any atom is -0.495 e. The van der Waals surface area contributed by atoms with E-state index in [1.807, 2.05) is 18.2 Å². The molecule has 1 atom stereocenters. The smallest absolute Gasteiger partial charge is 0.137 e. The molecule has 3 heteroatoms. The Morgan fingerprint density at radius 3 is 2.69 bits per heavy atom. The number of unbranched alkanes of at least 4 members (excludes halogenated alkanes) is 2. The van der Waals surface area contributed by atoms with Crippen LogP contribution in [-0.4, -0.2) is 7.11 Å². The van der Waals surface area contributed by atoms with Gasteiger partial charge in [0, 0.05) is 6.04 Å². The molecule has 16 heavy (non-hydrogen) atoms. The predicted octanol–water partition coefficient (Wildman–Crippen LogP) is 3.93. The number of benzene rings is 1. The van der Waals surface area contributed by atoms with Gasteiger partial charge < -0.3 is 10.5 Å². The first-order valence-corrected chi connectivity index (χ1v) is 6.15. The average molecular weight is 242 g/mol. The Kier molecular flexibility index (Phi) is 5.64. The fourth-order valence-corrected chi connectivity index (χ4v) is 1.96. The Labute approximate surface area is 103 Å². The van der Waals surface area contributed by atoms with Crippen molar-refractivity contribution in [2.24, 2.45) is 5.73 Å². The van der Waals surface area contributed by atoms with Crippen molar-refractivity contribution in [2.45, 2.75) is 38.6 Å². The van der Waals surface area contributed by atoms with Crippen LogP contribution in [-0.2, 0) is 0 Å². The van der Waals surface area contributed by atoms with Crippen LogP contribution in [0.25, 0.3) is 0 Å². The van der Waals surface area contributed by atoms with Crippen molar-refractivity contribution in [1.29, 1.82) is 0 Å².